The Balaban J connectivity index is 2.14. The summed E-state index contributed by atoms with van der Waals surface area (Å²) in [7, 11) is 5.60. The highest BCUT2D eigenvalue weighted by molar-refractivity contribution is 6.11. The van der Waals surface area contributed by atoms with E-state index in [1.54, 1.807) is 0 Å². The van der Waals surface area contributed by atoms with Gasteiger partial charge in [-0.15, -0.1) is 0 Å². The Hall–Kier alpha value is 0.0649. The quantitative estimate of drug-likeness (QED) is 0.434. The van der Waals surface area contributed by atoms with Crippen LogP contribution in [-0.4, -0.2) is 7.85 Å². The summed E-state index contributed by atoms with van der Waals surface area (Å²) >= 11 is 0. The topological polar surface area (TPSA) is 0 Å². The first-order valence-electron chi connectivity index (χ1n) is 3.06. The van der Waals surface area contributed by atoms with Gasteiger partial charge < -0.3 is 0 Å². The van der Waals surface area contributed by atoms with E-state index in [-0.39, 0.29) is 0 Å². The fraction of sp³-hybridized carbons (Fsp3) is 1.00. The van der Waals surface area contributed by atoms with Gasteiger partial charge in [-0.05, 0) is 5.92 Å². The summed E-state index contributed by atoms with van der Waals surface area (Å²) in [4.78, 5) is 0. The Bertz CT molecular complexity index is 55.2. The van der Waals surface area contributed by atoms with Crippen LogP contribution in [0.4, 0.5) is 0 Å². The monoisotopic (exact) mass is 94.1 g/mol. The third-order valence-corrected chi connectivity index (χ3v) is 1.89. The fourth-order valence-corrected chi connectivity index (χ4v) is 0.966. The van der Waals surface area contributed by atoms with Gasteiger partial charge in [0.1, 0.15) is 0 Å². The second-order valence-corrected chi connectivity index (χ2v) is 2.55. The highest BCUT2D eigenvalue weighted by Gasteiger charge is 2.19. The lowest BCUT2D eigenvalue weighted by molar-refractivity contribution is 0.307. The van der Waals surface area contributed by atoms with E-state index in [4.69, 9.17) is 7.85 Å². The van der Waals surface area contributed by atoms with Crippen molar-refractivity contribution in [2.75, 3.05) is 0 Å². The Morgan fingerprint density at radius 1 is 1.57 bits per heavy atom. The molecule has 0 saturated heterocycles. The van der Waals surface area contributed by atoms with Crippen molar-refractivity contribution in [2.24, 2.45) is 5.92 Å². The third-order valence-electron chi connectivity index (χ3n) is 1.89. The molecule has 0 aromatic rings. The Morgan fingerprint density at radius 3 is 2.14 bits per heavy atom. The van der Waals surface area contributed by atoms with E-state index in [0.29, 0.717) is 5.82 Å². The molecule has 0 aromatic carbocycles. The predicted octanol–water partition coefficient (Wildman–Crippen LogP) is 1.76. The van der Waals surface area contributed by atoms with Crippen molar-refractivity contribution in [1.29, 1.82) is 0 Å². The van der Waals surface area contributed by atoms with Crippen molar-refractivity contribution >= 4 is 7.85 Å². The van der Waals surface area contributed by atoms with Gasteiger partial charge >= 0.3 is 0 Å². The summed E-state index contributed by atoms with van der Waals surface area (Å²) in [6.45, 7) is 2.10. The van der Waals surface area contributed by atoms with Crippen LogP contribution in [0.25, 0.3) is 0 Å². The van der Waals surface area contributed by atoms with Crippen LogP contribution in [0.15, 0.2) is 0 Å². The molecule has 0 amide bonds. The highest BCUT2D eigenvalue weighted by atomic mass is 14.2. The van der Waals surface area contributed by atoms with Crippen molar-refractivity contribution in [3.8, 4) is 0 Å². The van der Waals surface area contributed by atoms with E-state index >= 15 is 0 Å². The minimum Gasteiger partial charge on any atom is -0.0774 e. The predicted molar refractivity (Wildman–Crippen MR) is 32.5 cm³/mol. The lowest BCUT2D eigenvalue weighted by atomic mass is 9.68. The van der Waals surface area contributed by atoms with Crippen molar-refractivity contribution in [3.63, 3.8) is 0 Å². The van der Waals surface area contributed by atoms with Gasteiger partial charge in [-0.2, -0.15) is 0 Å². The van der Waals surface area contributed by atoms with Crippen LogP contribution >= 0.6 is 0 Å². The summed E-state index contributed by atoms with van der Waals surface area (Å²) < 4.78 is 0. The summed E-state index contributed by atoms with van der Waals surface area (Å²) in [5, 5.41) is 0. The molecule has 0 bridgehead atoms. The first kappa shape index (κ1) is 5.21. The minimum absolute atomic E-state index is 0.453. The molecule has 1 aliphatic carbocycles. The molecule has 0 nitrogen and oxygen atoms in total. The molecule has 1 rings (SSSR count). The van der Waals surface area contributed by atoms with Crippen molar-refractivity contribution in [2.45, 2.75) is 32.0 Å². The normalized spacial score (nSPS) is 26.4. The van der Waals surface area contributed by atoms with Gasteiger partial charge in [-0.1, -0.05) is 32.0 Å². The Morgan fingerprint density at radius 2 is 2.14 bits per heavy atom. The number of hydrogen-bond donors (Lipinski definition) is 0. The average Bonchev–Trinajstić information content (AvgIpc) is 1.23. The Labute approximate surface area is 46.7 Å². The molecule has 0 aliphatic heterocycles. The molecule has 2 radical (unpaired) electrons. The second-order valence-electron chi connectivity index (χ2n) is 2.55. The number of hydrogen-bond acceptors (Lipinski definition) is 0. The molecule has 1 fully saturated rings. The molecule has 1 aliphatic rings. The lowest BCUT2D eigenvalue weighted by Gasteiger charge is -2.29. The van der Waals surface area contributed by atoms with E-state index in [1.165, 1.54) is 19.3 Å². The highest BCUT2D eigenvalue weighted by Crippen LogP contribution is 2.34. The summed E-state index contributed by atoms with van der Waals surface area (Å²) in [5.41, 5.74) is 0. The average molecular weight is 94.0 g/mol. The molecular weight excluding hydrogens is 82.9 g/mol. The van der Waals surface area contributed by atoms with Crippen LogP contribution < -0.4 is 0 Å². The van der Waals surface area contributed by atoms with E-state index in [0.717, 1.165) is 5.92 Å². The fourth-order valence-electron chi connectivity index (χ4n) is 0.966. The zero-order valence-corrected chi connectivity index (χ0v) is 4.85. The number of rotatable bonds is 1. The van der Waals surface area contributed by atoms with E-state index in [9.17, 15) is 0 Å². The van der Waals surface area contributed by atoms with Gasteiger partial charge in [0.2, 0.25) is 0 Å². The maximum Gasteiger partial charge on any atom is 0.0699 e. The first-order chi connectivity index (χ1) is 3.30. The first-order valence-corrected chi connectivity index (χ1v) is 3.06. The van der Waals surface area contributed by atoms with Crippen molar-refractivity contribution in [3.05, 3.63) is 0 Å². The molecule has 1 unspecified atom stereocenters. The molecule has 0 spiro atoms. The van der Waals surface area contributed by atoms with Crippen molar-refractivity contribution in [1.82, 2.24) is 0 Å². The summed E-state index contributed by atoms with van der Waals surface area (Å²) in [6.07, 6.45) is 4.15. The maximum atomic E-state index is 5.60. The van der Waals surface area contributed by atoms with Gasteiger partial charge in [-0.3, -0.25) is 0 Å². The van der Waals surface area contributed by atoms with Crippen LogP contribution in [0.1, 0.15) is 26.2 Å². The molecular formula is C6H11B. The zero-order valence-electron chi connectivity index (χ0n) is 4.85. The van der Waals surface area contributed by atoms with Gasteiger partial charge in [0.05, 0.1) is 7.85 Å². The maximum absolute atomic E-state index is 5.60. The van der Waals surface area contributed by atoms with Gasteiger partial charge in [0.15, 0.2) is 0 Å². The summed E-state index contributed by atoms with van der Waals surface area (Å²) in [6, 6.07) is 0. The molecule has 7 heavy (non-hydrogen) atoms. The van der Waals surface area contributed by atoms with Crippen LogP contribution in [0.3, 0.4) is 0 Å². The summed E-state index contributed by atoms with van der Waals surface area (Å²) in [5.74, 6) is 1.31. The standard InChI is InChI=1S/C6H11B/c1-5(7)6-3-2-4-6/h5-6H,2-4H2,1H3. The largest absolute Gasteiger partial charge is 0.0774 e. The van der Waals surface area contributed by atoms with E-state index < -0.39 is 0 Å². The van der Waals surface area contributed by atoms with E-state index in [1.807, 2.05) is 0 Å². The molecule has 0 N–H and O–H groups in total. The Kier molecular flexibility index (Phi) is 1.41. The van der Waals surface area contributed by atoms with E-state index in [2.05, 4.69) is 6.92 Å². The van der Waals surface area contributed by atoms with Crippen LogP contribution in [-0.2, 0) is 0 Å². The van der Waals surface area contributed by atoms with Crippen LogP contribution in [0.5, 0.6) is 0 Å². The molecule has 0 aromatic heterocycles. The smallest absolute Gasteiger partial charge is 0.0699 e. The molecule has 0 heterocycles. The molecule has 1 heteroatoms. The zero-order chi connectivity index (χ0) is 5.28. The molecule has 1 saturated carbocycles. The second kappa shape index (κ2) is 1.89. The molecule has 1 atom stereocenters. The van der Waals surface area contributed by atoms with Crippen molar-refractivity contribution < 1.29 is 0 Å². The van der Waals surface area contributed by atoms with Gasteiger partial charge in [0, 0.05) is 0 Å². The molecule has 38 valence electrons. The van der Waals surface area contributed by atoms with Crippen LogP contribution in [0, 0.1) is 5.92 Å². The van der Waals surface area contributed by atoms with Gasteiger partial charge in [0.25, 0.3) is 0 Å². The third kappa shape index (κ3) is 0.989. The van der Waals surface area contributed by atoms with Gasteiger partial charge in [-0.25, -0.2) is 0 Å². The lowest BCUT2D eigenvalue weighted by Crippen LogP contribution is -2.15. The van der Waals surface area contributed by atoms with Crippen LogP contribution in [0.2, 0.25) is 5.82 Å². The SMILES string of the molecule is [B]C(C)C1CCC1. The minimum atomic E-state index is 0.453.